The molecule has 210 valence electrons. The Hall–Kier alpha value is -4.16. The monoisotopic (exact) mass is 558 g/mol. The maximum absolute atomic E-state index is 13.9. The zero-order valence-corrected chi connectivity index (χ0v) is 21.3. The molecule has 5 rings (SSSR count). The molecule has 6 N–H and O–H groups in total. The number of hydrogen-bond acceptors (Lipinski definition) is 8. The second-order valence-electron chi connectivity index (χ2n) is 10.5. The average Bonchev–Trinajstić information content (AvgIpc) is 2.85. The van der Waals surface area contributed by atoms with Crippen LogP contribution in [-0.4, -0.2) is 68.5 Å². The highest BCUT2D eigenvalue weighted by molar-refractivity contribution is 6.24. The number of nitrogens with zero attached hydrogens (tertiary/aromatic N) is 1. The number of halogens is 3. The van der Waals surface area contributed by atoms with E-state index in [9.17, 15) is 48.0 Å². The zero-order chi connectivity index (χ0) is 29.5. The summed E-state index contributed by atoms with van der Waals surface area (Å²) in [5.41, 5.74) is 1.45. The van der Waals surface area contributed by atoms with Gasteiger partial charge in [0, 0.05) is 11.5 Å². The number of carbonyl (C=O) groups excluding carboxylic acids is 3. The number of aliphatic hydroxyl groups excluding tert-OH is 2. The van der Waals surface area contributed by atoms with Gasteiger partial charge in [-0.2, -0.15) is 13.2 Å². The summed E-state index contributed by atoms with van der Waals surface area (Å²) in [6.07, 6.45) is -4.63. The first kappa shape index (κ1) is 27.4. The van der Waals surface area contributed by atoms with Crippen LogP contribution in [0.4, 0.5) is 13.2 Å². The summed E-state index contributed by atoms with van der Waals surface area (Å²) in [5.74, 6) is -7.67. The van der Waals surface area contributed by atoms with E-state index in [1.54, 1.807) is 0 Å². The van der Waals surface area contributed by atoms with E-state index in [1.165, 1.54) is 43.3 Å². The highest BCUT2D eigenvalue weighted by Gasteiger charge is 2.64. The van der Waals surface area contributed by atoms with Crippen LogP contribution in [0.1, 0.15) is 23.1 Å². The zero-order valence-electron chi connectivity index (χ0n) is 21.3. The molecular formula is C28H25F3N2O7. The number of phenols is 1. The van der Waals surface area contributed by atoms with Crippen molar-refractivity contribution in [1.82, 2.24) is 4.90 Å². The van der Waals surface area contributed by atoms with E-state index in [2.05, 4.69) is 0 Å². The van der Waals surface area contributed by atoms with Crippen molar-refractivity contribution in [3.63, 3.8) is 0 Å². The van der Waals surface area contributed by atoms with Gasteiger partial charge in [-0.15, -0.1) is 0 Å². The maximum atomic E-state index is 13.9. The predicted molar refractivity (Wildman–Crippen MR) is 135 cm³/mol. The normalized spacial score (nSPS) is 26.5. The smallest absolute Gasteiger partial charge is 0.416 e. The Bertz CT molecular complexity index is 1540. The van der Waals surface area contributed by atoms with Crippen LogP contribution in [0.25, 0.3) is 16.9 Å². The van der Waals surface area contributed by atoms with Gasteiger partial charge in [-0.3, -0.25) is 19.3 Å². The Labute approximate surface area is 225 Å². The first-order valence-corrected chi connectivity index (χ1v) is 12.3. The number of carbonyl (C=O) groups is 3. The number of rotatable bonds is 3. The number of Topliss-reactive ketones (excluding diaryl/α,β-unsaturated/α-hetero) is 2. The number of fused-ring (bicyclic) bond motifs is 3. The van der Waals surface area contributed by atoms with Crippen LogP contribution in [-0.2, 0) is 27.0 Å². The average molecular weight is 559 g/mol. The topological polar surface area (TPSA) is 161 Å². The van der Waals surface area contributed by atoms with Crippen LogP contribution in [0.5, 0.6) is 5.75 Å². The van der Waals surface area contributed by atoms with Crippen LogP contribution in [0, 0.1) is 11.8 Å². The lowest BCUT2D eigenvalue weighted by Gasteiger charge is -2.50. The molecule has 9 nitrogen and oxygen atoms in total. The quantitative estimate of drug-likeness (QED) is 0.359. The summed E-state index contributed by atoms with van der Waals surface area (Å²) in [5, 5.41) is 44.5. The largest absolute Gasteiger partial charge is 0.508 e. The number of hydrogen-bond donors (Lipinski definition) is 5. The van der Waals surface area contributed by atoms with Crippen LogP contribution in [0.15, 0.2) is 53.3 Å². The Morgan fingerprint density at radius 1 is 1.05 bits per heavy atom. The number of benzene rings is 2. The Morgan fingerprint density at radius 2 is 1.68 bits per heavy atom. The van der Waals surface area contributed by atoms with Gasteiger partial charge in [0.2, 0.25) is 5.78 Å². The van der Waals surface area contributed by atoms with E-state index >= 15 is 0 Å². The fourth-order valence-corrected chi connectivity index (χ4v) is 6.35. The second-order valence-corrected chi connectivity index (χ2v) is 10.5. The fourth-order valence-electron chi connectivity index (χ4n) is 6.35. The lowest BCUT2D eigenvalue weighted by molar-refractivity contribution is -0.153. The lowest BCUT2D eigenvalue weighted by Crippen LogP contribution is -2.65. The third kappa shape index (κ3) is 3.74. The van der Waals surface area contributed by atoms with Crippen molar-refractivity contribution in [3.8, 4) is 16.9 Å². The Balaban J connectivity index is 1.70. The standard InChI is InChI=1S/C28H25F3N2O7/c1-33(2)21-16-10-12-9-15-14(11-3-5-13(6-4-11)28(29,30)31)7-8-17(34)19(15)22(35)18(12)24(37)27(16,40)25(38)20(23(21)36)26(32)39/h3-8,12,16,21,34-35,38,40H,9-10H2,1-2H3,(H2,32,39). The van der Waals surface area contributed by atoms with Crippen LogP contribution >= 0.6 is 0 Å². The summed E-state index contributed by atoms with van der Waals surface area (Å²) in [7, 11) is 2.99. The number of primary amides is 1. The molecule has 0 aliphatic heterocycles. The molecule has 3 aliphatic carbocycles. The number of aliphatic hydroxyl groups is 3. The minimum absolute atomic E-state index is 0.0132. The molecule has 12 heteroatoms. The number of nitrogens with two attached hydrogens (primary N) is 1. The highest BCUT2D eigenvalue weighted by atomic mass is 19.4. The van der Waals surface area contributed by atoms with E-state index in [4.69, 9.17) is 5.73 Å². The van der Waals surface area contributed by atoms with Gasteiger partial charge in [0.25, 0.3) is 5.91 Å². The lowest BCUT2D eigenvalue weighted by atomic mass is 9.57. The van der Waals surface area contributed by atoms with Crippen LogP contribution < -0.4 is 5.73 Å². The van der Waals surface area contributed by atoms with Gasteiger partial charge in [0.05, 0.1) is 17.2 Å². The molecule has 2 aromatic rings. The molecule has 4 unspecified atom stereocenters. The molecule has 1 amide bonds. The van der Waals surface area contributed by atoms with Crippen molar-refractivity contribution >= 4 is 23.2 Å². The molecule has 0 saturated heterocycles. The van der Waals surface area contributed by atoms with Crippen molar-refractivity contribution in [2.45, 2.75) is 30.7 Å². The summed E-state index contributed by atoms with van der Waals surface area (Å²) in [6.45, 7) is 0. The van der Waals surface area contributed by atoms with E-state index < -0.39 is 75.5 Å². The van der Waals surface area contributed by atoms with Crippen molar-refractivity contribution < 1.29 is 48.0 Å². The number of amides is 1. The number of phenolic OH excluding ortho intramolecular Hbond substituents is 1. The van der Waals surface area contributed by atoms with Gasteiger partial charge < -0.3 is 26.2 Å². The summed E-state index contributed by atoms with van der Waals surface area (Å²) in [4.78, 5) is 40.5. The van der Waals surface area contributed by atoms with Gasteiger partial charge in [0.1, 0.15) is 22.8 Å². The van der Waals surface area contributed by atoms with E-state index in [0.29, 0.717) is 16.7 Å². The second kappa shape index (κ2) is 8.93. The first-order chi connectivity index (χ1) is 18.6. The molecule has 0 spiro atoms. The van der Waals surface area contributed by atoms with Gasteiger partial charge in [0.15, 0.2) is 11.4 Å². The number of aromatic hydroxyl groups is 1. The molecule has 1 fully saturated rings. The number of alkyl halides is 3. The molecule has 0 radical (unpaired) electrons. The van der Waals surface area contributed by atoms with E-state index in [1.807, 2.05) is 0 Å². The Morgan fingerprint density at radius 3 is 2.23 bits per heavy atom. The Kier molecular flexibility index (Phi) is 6.12. The van der Waals surface area contributed by atoms with Crippen molar-refractivity contribution in [2.75, 3.05) is 14.1 Å². The van der Waals surface area contributed by atoms with Gasteiger partial charge in [-0.25, -0.2) is 0 Å². The van der Waals surface area contributed by atoms with E-state index in [-0.39, 0.29) is 24.0 Å². The van der Waals surface area contributed by atoms with Crippen molar-refractivity contribution in [1.29, 1.82) is 0 Å². The van der Waals surface area contributed by atoms with Crippen molar-refractivity contribution in [3.05, 3.63) is 70.0 Å². The van der Waals surface area contributed by atoms with Crippen molar-refractivity contribution in [2.24, 2.45) is 17.6 Å². The molecule has 0 aromatic heterocycles. The maximum Gasteiger partial charge on any atom is 0.416 e. The molecule has 0 heterocycles. The van der Waals surface area contributed by atoms with Gasteiger partial charge in [-0.05, 0) is 67.7 Å². The van der Waals surface area contributed by atoms with E-state index in [0.717, 1.165) is 12.1 Å². The first-order valence-electron chi connectivity index (χ1n) is 12.3. The highest BCUT2D eigenvalue weighted by Crippen LogP contribution is 2.53. The summed E-state index contributed by atoms with van der Waals surface area (Å²) in [6, 6.07) is 5.80. The molecule has 0 bridgehead atoms. The van der Waals surface area contributed by atoms with Gasteiger partial charge in [-0.1, -0.05) is 18.2 Å². The van der Waals surface area contributed by atoms with Gasteiger partial charge >= 0.3 is 6.18 Å². The van der Waals surface area contributed by atoms with Crippen LogP contribution in [0.2, 0.25) is 0 Å². The molecule has 2 aromatic carbocycles. The molecule has 4 atom stereocenters. The molecular weight excluding hydrogens is 533 g/mol. The van der Waals surface area contributed by atoms with Crippen LogP contribution in [0.3, 0.4) is 0 Å². The summed E-state index contributed by atoms with van der Waals surface area (Å²) >= 11 is 0. The SMILES string of the molecule is CN(C)C1C(=O)C(C(N)=O)=C(O)C2(O)C(=O)C3=C(O)c4c(O)ccc(-c5ccc(C(F)(F)F)cc5)c4CC3CC12. The minimum Gasteiger partial charge on any atom is -0.508 e. The molecule has 1 saturated carbocycles. The molecule has 3 aliphatic rings. The predicted octanol–water partition coefficient (Wildman–Crippen LogP) is 2.65. The fraction of sp³-hybridized carbons (Fsp3) is 0.321. The minimum atomic E-state index is -4.54. The molecule has 40 heavy (non-hydrogen) atoms. The summed E-state index contributed by atoms with van der Waals surface area (Å²) < 4.78 is 39.3. The third-order valence-corrected chi connectivity index (χ3v) is 8.13. The number of ketones is 2. The number of likely N-dealkylation sites (N-methyl/N-ethyl adjacent to an activating group) is 1. The third-order valence-electron chi connectivity index (χ3n) is 8.13.